The molecule has 0 bridgehead atoms. The van der Waals surface area contributed by atoms with E-state index >= 15 is 0 Å². The number of rotatable bonds is 8. The van der Waals surface area contributed by atoms with E-state index in [1.54, 1.807) is 0 Å². The van der Waals surface area contributed by atoms with Crippen LogP contribution in [-0.4, -0.2) is 50.5 Å². The summed E-state index contributed by atoms with van der Waals surface area (Å²) in [5.74, 6) is 0.771. The average molecular weight is 454 g/mol. The van der Waals surface area contributed by atoms with Crippen molar-refractivity contribution in [1.82, 2.24) is 0 Å². The third-order valence-corrected chi connectivity index (χ3v) is 9.91. The van der Waals surface area contributed by atoms with Crippen molar-refractivity contribution in [3.63, 3.8) is 0 Å². The molecule has 1 fully saturated rings. The molecule has 0 aromatic rings. The van der Waals surface area contributed by atoms with Crippen LogP contribution < -0.4 is 0 Å². The van der Waals surface area contributed by atoms with Crippen molar-refractivity contribution in [1.29, 1.82) is 0 Å². The van der Waals surface area contributed by atoms with Gasteiger partial charge in [0.15, 0.2) is 9.84 Å². The first-order valence-corrected chi connectivity index (χ1v) is 12.6. The predicted molar refractivity (Wildman–Crippen MR) is 90.3 cm³/mol. The number of hydrogen-bond acceptors (Lipinski definition) is 4. The fourth-order valence-electron chi connectivity index (χ4n) is 2.64. The molecule has 0 saturated carbocycles. The van der Waals surface area contributed by atoms with Gasteiger partial charge in [0, 0.05) is 16.4 Å². The summed E-state index contributed by atoms with van der Waals surface area (Å²) in [6, 6.07) is 0. The second-order valence-electron chi connectivity index (χ2n) is 5.63. The summed E-state index contributed by atoms with van der Waals surface area (Å²) in [5.41, 5.74) is -0.301. The Kier molecular flexibility index (Phi) is 7.01. The van der Waals surface area contributed by atoms with Crippen molar-refractivity contribution in [3.8, 4) is 0 Å². The first kappa shape index (κ1) is 18.9. The van der Waals surface area contributed by atoms with Crippen molar-refractivity contribution in [3.05, 3.63) is 0 Å². The second-order valence-corrected chi connectivity index (χ2v) is 11.3. The van der Waals surface area contributed by atoms with Crippen LogP contribution in [0.15, 0.2) is 0 Å². The van der Waals surface area contributed by atoms with Crippen LogP contribution in [0.1, 0.15) is 26.2 Å². The predicted octanol–water partition coefficient (Wildman–Crippen LogP) is 2.41. The maximum absolute atomic E-state index is 11.9. The van der Waals surface area contributed by atoms with Gasteiger partial charge < -0.3 is 0 Å². The molecular weight excluding hydrogens is 432 g/mol. The largest absolute Gasteiger partial charge is 0.229 e. The maximum atomic E-state index is 11.9. The minimum atomic E-state index is -3.03. The maximum Gasteiger partial charge on any atom is 0.150 e. The summed E-state index contributed by atoms with van der Waals surface area (Å²) in [4.78, 5) is 0. The third kappa shape index (κ3) is 4.95. The Hall–Kier alpha value is 0.860. The molecule has 20 heavy (non-hydrogen) atoms. The minimum Gasteiger partial charge on any atom is -0.229 e. The van der Waals surface area contributed by atoms with Crippen LogP contribution in [0.3, 0.4) is 0 Å². The van der Waals surface area contributed by atoms with E-state index in [-0.39, 0.29) is 34.3 Å². The summed E-state index contributed by atoms with van der Waals surface area (Å²) >= 11 is 6.94. The molecule has 1 aliphatic heterocycles. The Morgan fingerprint density at radius 2 is 1.80 bits per heavy atom. The van der Waals surface area contributed by atoms with E-state index in [0.29, 0.717) is 29.9 Å². The van der Waals surface area contributed by atoms with Crippen molar-refractivity contribution in [2.45, 2.75) is 26.2 Å². The molecular formula is C12H22Br2O4S2. The van der Waals surface area contributed by atoms with Crippen LogP contribution in [0.2, 0.25) is 0 Å². The highest BCUT2D eigenvalue weighted by atomic mass is 79.9. The summed E-state index contributed by atoms with van der Waals surface area (Å²) in [7, 11) is -5.99. The molecule has 0 aromatic heterocycles. The first-order chi connectivity index (χ1) is 9.20. The van der Waals surface area contributed by atoms with Gasteiger partial charge in [-0.05, 0) is 30.6 Å². The minimum absolute atomic E-state index is 0.0306. The Morgan fingerprint density at radius 3 is 2.20 bits per heavy atom. The highest BCUT2D eigenvalue weighted by molar-refractivity contribution is 9.09. The van der Waals surface area contributed by atoms with Gasteiger partial charge in [0.05, 0.1) is 17.3 Å². The molecule has 0 amide bonds. The SMILES string of the molecule is CCCS(=O)(=O)CCC(CBr)(CBr)C1CCS(=O)(=O)C1. The van der Waals surface area contributed by atoms with Crippen LogP contribution in [0.5, 0.6) is 0 Å². The van der Waals surface area contributed by atoms with Crippen LogP contribution in [0, 0.1) is 11.3 Å². The lowest BCUT2D eigenvalue weighted by atomic mass is 9.76. The van der Waals surface area contributed by atoms with Crippen molar-refractivity contribution in [2.75, 3.05) is 33.7 Å². The lowest BCUT2D eigenvalue weighted by Gasteiger charge is -2.35. The van der Waals surface area contributed by atoms with Gasteiger partial charge in [-0.25, -0.2) is 16.8 Å². The molecule has 0 spiro atoms. The molecule has 120 valence electrons. The first-order valence-electron chi connectivity index (χ1n) is 6.73. The molecule has 0 N–H and O–H groups in total. The van der Waals surface area contributed by atoms with Crippen LogP contribution in [0.25, 0.3) is 0 Å². The smallest absolute Gasteiger partial charge is 0.150 e. The van der Waals surface area contributed by atoms with E-state index in [2.05, 4.69) is 31.9 Å². The summed E-state index contributed by atoms with van der Waals surface area (Å²) in [5, 5.41) is 1.24. The van der Waals surface area contributed by atoms with E-state index in [1.807, 2.05) is 6.92 Å². The van der Waals surface area contributed by atoms with Crippen LogP contribution >= 0.6 is 31.9 Å². The van der Waals surface area contributed by atoms with Gasteiger partial charge in [0.2, 0.25) is 0 Å². The summed E-state index contributed by atoms with van der Waals surface area (Å²) in [6.45, 7) is 1.85. The monoisotopic (exact) mass is 452 g/mol. The molecule has 1 unspecified atom stereocenters. The van der Waals surface area contributed by atoms with Gasteiger partial charge >= 0.3 is 0 Å². The Morgan fingerprint density at radius 1 is 1.20 bits per heavy atom. The molecule has 1 aliphatic rings. The standard InChI is InChI=1S/C12H22Br2O4S2/c1-2-5-19(15,16)7-4-12(9-13,10-14)11-3-6-20(17,18)8-11/h11H,2-10H2,1H3. The van der Waals surface area contributed by atoms with E-state index in [0.717, 1.165) is 0 Å². The van der Waals surface area contributed by atoms with Crippen LogP contribution in [0.4, 0.5) is 0 Å². The molecule has 8 heteroatoms. The Balaban J connectivity index is 2.83. The summed E-state index contributed by atoms with van der Waals surface area (Å²) < 4.78 is 47.2. The Bertz CT molecular complexity index is 510. The van der Waals surface area contributed by atoms with Gasteiger partial charge in [-0.2, -0.15) is 0 Å². The highest BCUT2D eigenvalue weighted by Gasteiger charge is 2.43. The topological polar surface area (TPSA) is 68.3 Å². The zero-order valence-corrected chi connectivity index (χ0v) is 16.5. The van der Waals surface area contributed by atoms with Gasteiger partial charge in [-0.1, -0.05) is 38.8 Å². The lowest BCUT2D eigenvalue weighted by Crippen LogP contribution is -2.37. The second kappa shape index (κ2) is 7.42. The molecule has 0 aromatic carbocycles. The van der Waals surface area contributed by atoms with E-state index in [1.165, 1.54) is 0 Å². The number of alkyl halides is 2. The zero-order chi connectivity index (χ0) is 15.4. The molecule has 1 rings (SSSR count). The van der Waals surface area contributed by atoms with Crippen LogP contribution in [-0.2, 0) is 19.7 Å². The highest BCUT2D eigenvalue weighted by Crippen LogP contribution is 2.42. The molecule has 4 nitrogen and oxygen atoms in total. The quantitative estimate of drug-likeness (QED) is 0.529. The van der Waals surface area contributed by atoms with E-state index < -0.39 is 19.7 Å². The van der Waals surface area contributed by atoms with Crippen molar-refractivity contribution >= 4 is 51.5 Å². The summed E-state index contributed by atoms with van der Waals surface area (Å²) in [6.07, 6.45) is 1.76. The van der Waals surface area contributed by atoms with Crippen molar-refractivity contribution < 1.29 is 16.8 Å². The van der Waals surface area contributed by atoms with Gasteiger partial charge in [-0.3, -0.25) is 0 Å². The van der Waals surface area contributed by atoms with E-state index in [4.69, 9.17) is 0 Å². The molecule has 1 heterocycles. The zero-order valence-electron chi connectivity index (χ0n) is 11.6. The third-order valence-electron chi connectivity index (χ3n) is 4.06. The number of hydrogen-bond donors (Lipinski definition) is 0. The average Bonchev–Trinajstić information content (AvgIpc) is 2.72. The number of sulfone groups is 2. The molecule has 0 aliphatic carbocycles. The van der Waals surface area contributed by atoms with Gasteiger partial charge in [0.1, 0.15) is 9.84 Å². The fourth-order valence-corrected chi connectivity index (χ4v) is 8.53. The normalized spacial score (nSPS) is 23.1. The van der Waals surface area contributed by atoms with E-state index in [9.17, 15) is 16.8 Å². The molecule has 1 saturated heterocycles. The lowest BCUT2D eigenvalue weighted by molar-refractivity contribution is 0.246. The van der Waals surface area contributed by atoms with Crippen molar-refractivity contribution in [2.24, 2.45) is 11.3 Å². The molecule has 0 radical (unpaired) electrons. The fraction of sp³-hybridized carbons (Fsp3) is 1.00. The van der Waals surface area contributed by atoms with Gasteiger partial charge in [0.25, 0.3) is 0 Å². The molecule has 1 atom stereocenters. The number of halogens is 2. The van der Waals surface area contributed by atoms with Gasteiger partial charge in [-0.15, -0.1) is 0 Å². The Labute approximate surface area is 139 Å².